The minimum Gasteiger partial charge on any atom is -0.444 e. The monoisotopic (exact) mass is 303 g/mol. The molecule has 0 bridgehead atoms. The number of ether oxygens (including phenoxy) is 1. The smallest absolute Gasteiger partial charge is 0.410 e. The molecule has 1 aliphatic rings. The predicted octanol–water partition coefficient (Wildman–Crippen LogP) is 3.60. The molecule has 1 aromatic carbocycles. The van der Waals surface area contributed by atoms with Gasteiger partial charge in [0.05, 0.1) is 6.54 Å². The molecule has 120 valence electrons. The van der Waals surface area contributed by atoms with Crippen LogP contribution in [0.2, 0.25) is 0 Å². The highest BCUT2D eigenvalue weighted by Crippen LogP contribution is 2.30. The Morgan fingerprint density at radius 2 is 1.82 bits per heavy atom. The van der Waals surface area contributed by atoms with Crippen LogP contribution in [0.25, 0.3) is 0 Å². The number of carbonyl (C=O) groups excluding carboxylic acids is 2. The first-order chi connectivity index (χ1) is 10.2. The van der Waals surface area contributed by atoms with Crippen molar-refractivity contribution >= 4 is 11.9 Å². The summed E-state index contributed by atoms with van der Waals surface area (Å²) in [5.74, 6) is -0.0191. The lowest BCUT2D eigenvalue weighted by Crippen LogP contribution is -2.45. The number of piperidine rings is 1. The fourth-order valence-corrected chi connectivity index (χ4v) is 2.99. The number of amides is 1. The van der Waals surface area contributed by atoms with Gasteiger partial charge in [-0.05, 0) is 57.7 Å². The summed E-state index contributed by atoms with van der Waals surface area (Å²) in [5.41, 5.74) is 2.87. The zero-order valence-electron chi connectivity index (χ0n) is 14.1. The van der Waals surface area contributed by atoms with Gasteiger partial charge in [-0.1, -0.05) is 18.2 Å². The quantitative estimate of drug-likeness (QED) is 0.796. The Labute approximate surface area is 132 Å². The summed E-state index contributed by atoms with van der Waals surface area (Å²) in [6.45, 7) is 10.3. The number of ketones is 1. The van der Waals surface area contributed by atoms with Crippen LogP contribution in [0.5, 0.6) is 0 Å². The van der Waals surface area contributed by atoms with E-state index in [2.05, 4.69) is 0 Å². The third kappa shape index (κ3) is 3.67. The summed E-state index contributed by atoms with van der Waals surface area (Å²) >= 11 is 0. The van der Waals surface area contributed by atoms with Crippen LogP contribution < -0.4 is 0 Å². The highest BCUT2D eigenvalue weighted by Gasteiger charge is 2.33. The number of likely N-dealkylation sites (tertiary alicyclic amines) is 1. The molecule has 0 aromatic heterocycles. The van der Waals surface area contributed by atoms with Gasteiger partial charge in [0, 0.05) is 12.5 Å². The number of rotatable bonds is 1. The van der Waals surface area contributed by atoms with Gasteiger partial charge in [-0.3, -0.25) is 4.79 Å². The van der Waals surface area contributed by atoms with Crippen LogP contribution in [0.3, 0.4) is 0 Å². The number of benzene rings is 1. The number of carbonyl (C=O) groups is 2. The molecule has 1 saturated heterocycles. The maximum absolute atomic E-state index is 12.5. The van der Waals surface area contributed by atoms with E-state index in [-0.39, 0.29) is 18.2 Å². The van der Waals surface area contributed by atoms with Crippen LogP contribution in [0.1, 0.15) is 49.8 Å². The summed E-state index contributed by atoms with van der Waals surface area (Å²) in [4.78, 5) is 26.1. The number of Topliss-reactive ketones (excluding diaryl/α,β-unsaturated/α-hetero) is 1. The third-order valence-electron chi connectivity index (χ3n) is 3.97. The molecule has 2 rings (SSSR count). The molecule has 0 unspecified atom stereocenters. The van der Waals surface area contributed by atoms with Crippen molar-refractivity contribution in [3.05, 3.63) is 34.9 Å². The largest absolute Gasteiger partial charge is 0.444 e. The van der Waals surface area contributed by atoms with Crippen LogP contribution in [0.4, 0.5) is 4.79 Å². The van der Waals surface area contributed by atoms with E-state index < -0.39 is 11.7 Å². The van der Waals surface area contributed by atoms with Gasteiger partial charge >= 0.3 is 6.09 Å². The average Bonchev–Trinajstić information content (AvgIpc) is 2.38. The maximum Gasteiger partial charge on any atom is 0.410 e. The molecule has 22 heavy (non-hydrogen) atoms. The Morgan fingerprint density at radius 3 is 2.32 bits per heavy atom. The Hall–Kier alpha value is -1.84. The van der Waals surface area contributed by atoms with Crippen molar-refractivity contribution in [3.8, 4) is 0 Å². The number of nitrogens with zero attached hydrogens (tertiary/aromatic N) is 1. The fourth-order valence-electron chi connectivity index (χ4n) is 2.99. The van der Waals surface area contributed by atoms with Gasteiger partial charge in [0.1, 0.15) is 5.60 Å². The van der Waals surface area contributed by atoms with E-state index in [0.717, 1.165) is 16.7 Å². The summed E-state index contributed by atoms with van der Waals surface area (Å²) in [7, 11) is 0. The molecule has 1 atom stereocenters. The third-order valence-corrected chi connectivity index (χ3v) is 3.97. The lowest BCUT2D eigenvalue weighted by molar-refractivity contribution is -0.123. The number of hydrogen-bond donors (Lipinski definition) is 0. The van der Waals surface area contributed by atoms with Crippen molar-refractivity contribution in [3.63, 3.8) is 0 Å². The molecule has 0 radical (unpaired) electrons. The Balaban J connectivity index is 2.11. The van der Waals surface area contributed by atoms with Crippen molar-refractivity contribution in [2.24, 2.45) is 0 Å². The first-order valence-electron chi connectivity index (χ1n) is 7.76. The lowest BCUT2D eigenvalue weighted by Gasteiger charge is -2.33. The maximum atomic E-state index is 12.5. The first kappa shape index (κ1) is 16.5. The molecule has 4 heteroatoms. The second kappa shape index (κ2) is 6.11. The van der Waals surface area contributed by atoms with Crippen molar-refractivity contribution in [2.45, 2.75) is 52.6 Å². The standard InChI is InChI=1S/C18H25NO3/c1-12-7-6-8-13(2)16(12)14-9-10-19(11-15(14)20)17(21)22-18(3,4)5/h6-8,14H,9-11H2,1-5H3/t14-/m0/s1. The van der Waals surface area contributed by atoms with Gasteiger partial charge in [0.15, 0.2) is 5.78 Å². The van der Waals surface area contributed by atoms with Gasteiger partial charge in [-0.25, -0.2) is 4.79 Å². The molecular weight excluding hydrogens is 278 g/mol. The van der Waals surface area contributed by atoms with Gasteiger partial charge in [-0.15, -0.1) is 0 Å². The normalized spacial score (nSPS) is 19.2. The average molecular weight is 303 g/mol. The van der Waals surface area contributed by atoms with E-state index in [1.54, 1.807) is 0 Å². The zero-order valence-corrected chi connectivity index (χ0v) is 14.1. The molecule has 0 saturated carbocycles. The summed E-state index contributed by atoms with van der Waals surface area (Å²) in [5, 5.41) is 0. The molecule has 1 aromatic rings. The molecule has 0 aliphatic carbocycles. The molecule has 0 N–H and O–H groups in total. The van der Waals surface area contributed by atoms with Crippen molar-refractivity contribution < 1.29 is 14.3 Å². The molecule has 1 heterocycles. The molecule has 1 amide bonds. The predicted molar refractivity (Wildman–Crippen MR) is 86.1 cm³/mol. The second-order valence-electron chi connectivity index (χ2n) is 7.01. The van der Waals surface area contributed by atoms with Crippen molar-refractivity contribution in [1.29, 1.82) is 0 Å². The van der Waals surface area contributed by atoms with E-state index in [0.29, 0.717) is 13.0 Å². The molecule has 1 aliphatic heterocycles. The topological polar surface area (TPSA) is 46.6 Å². The van der Waals surface area contributed by atoms with Crippen LogP contribution in [0, 0.1) is 13.8 Å². The second-order valence-corrected chi connectivity index (χ2v) is 7.01. The summed E-state index contributed by atoms with van der Waals surface area (Å²) in [6.07, 6.45) is 0.254. The molecule has 1 fully saturated rings. The number of aryl methyl sites for hydroxylation is 2. The number of hydrogen-bond acceptors (Lipinski definition) is 3. The van der Waals surface area contributed by atoms with E-state index in [9.17, 15) is 9.59 Å². The van der Waals surface area contributed by atoms with Gasteiger partial charge in [0.25, 0.3) is 0 Å². The van der Waals surface area contributed by atoms with Gasteiger partial charge < -0.3 is 9.64 Å². The molecular formula is C18H25NO3. The van der Waals surface area contributed by atoms with E-state index in [4.69, 9.17) is 4.74 Å². The van der Waals surface area contributed by atoms with Gasteiger partial charge in [-0.2, -0.15) is 0 Å². The van der Waals surface area contributed by atoms with E-state index >= 15 is 0 Å². The molecule has 0 spiro atoms. The minimum absolute atomic E-state index is 0.0921. The van der Waals surface area contributed by atoms with Crippen LogP contribution in [-0.4, -0.2) is 35.5 Å². The van der Waals surface area contributed by atoms with E-state index in [1.165, 1.54) is 4.90 Å². The first-order valence-corrected chi connectivity index (χ1v) is 7.76. The van der Waals surface area contributed by atoms with E-state index in [1.807, 2.05) is 52.8 Å². The van der Waals surface area contributed by atoms with Crippen molar-refractivity contribution in [2.75, 3.05) is 13.1 Å². The fraction of sp³-hybridized carbons (Fsp3) is 0.556. The van der Waals surface area contributed by atoms with Crippen LogP contribution in [-0.2, 0) is 9.53 Å². The highest BCUT2D eigenvalue weighted by atomic mass is 16.6. The Morgan fingerprint density at radius 1 is 1.23 bits per heavy atom. The summed E-state index contributed by atoms with van der Waals surface area (Å²) in [6, 6.07) is 6.08. The van der Waals surface area contributed by atoms with Crippen LogP contribution in [0.15, 0.2) is 18.2 Å². The van der Waals surface area contributed by atoms with Gasteiger partial charge in [0.2, 0.25) is 0 Å². The van der Waals surface area contributed by atoms with Crippen molar-refractivity contribution in [1.82, 2.24) is 4.90 Å². The Kier molecular flexibility index (Phi) is 4.59. The Bertz CT molecular complexity index is 566. The zero-order chi connectivity index (χ0) is 16.5. The SMILES string of the molecule is Cc1cccc(C)c1[C@H]1CCN(C(=O)OC(C)(C)C)CC1=O. The lowest BCUT2D eigenvalue weighted by atomic mass is 9.83. The summed E-state index contributed by atoms with van der Waals surface area (Å²) < 4.78 is 5.35. The highest BCUT2D eigenvalue weighted by molar-refractivity contribution is 5.91. The minimum atomic E-state index is -0.538. The molecule has 4 nitrogen and oxygen atoms in total. The van der Waals surface area contributed by atoms with Crippen LogP contribution >= 0.6 is 0 Å².